The second-order valence-electron chi connectivity index (χ2n) is 7.76. The molecule has 1 aromatic carbocycles. The molecular weight excluding hydrogens is 356 g/mol. The van der Waals surface area contributed by atoms with Crippen LogP contribution in [0, 0.1) is 0 Å². The molecule has 3 rings (SSSR count). The van der Waals surface area contributed by atoms with E-state index in [-0.39, 0.29) is 18.0 Å². The van der Waals surface area contributed by atoms with E-state index in [9.17, 15) is 14.7 Å². The highest BCUT2D eigenvalue weighted by Gasteiger charge is 2.41. The molecule has 1 aromatic heterocycles. The molecule has 7 heteroatoms. The van der Waals surface area contributed by atoms with Crippen molar-refractivity contribution in [3.05, 3.63) is 63.8 Å². The zero-order valence-corrected chi connectivity index (χ0v) is 16.4. The van der Waals surface area contributed by atoms with Crippen LogP contribution in [0.4, 0.5) is 0 Å². The standard InChI is InChI=1S/C21H28N4O3/c1-15(2)17-6-4-16(5-7-17)12-25-9-3-8-21(28,20(25)27)13-22-11-18-10-19(26)24-14-23-18/h4-7,10,14-15,22,28H,3,8-9,11-13H2,1-2H3,(H,23,24,26). The number of nitrogens with one attached hydrogen (secondary N) is 2. The van der Waals surface area contributed by atoms with Crippen molar-refractivity contribution in [3.8, 4) is 0 Å². The van der Waals surface area contributed by atoms with Gasteiger partial charge >= 0.3 is 0 Å². The lowest BCUT2D eigenvalue weighted by Gasteiger charge is -2.38. The van der Waals surface area contributed by atoms with E-state index in [0.717, 1.165) is 12.0 Å². The number of amides is 1. The minimum Gasteiger partial charge on any atom is -0.379 e. The molecule has 7 nitrogen and oxygen atoms in total. The fourth-order valence-electron chi connectivity index (χ4n) is 3.51. The summed E-state index contributed by atoms with van der Waals surface area (Å²) in [4.78, 5) is 32.4. The highest BCUT2D eigenvalue weighted by molar-refractivity contribution is 5.86. The molecule has 1 aliphatic rings. The van der Waals surface area contributed by atoms with Crippen LogP contribution in [0.15, 0.2) is 41.5 Å². The number of hydrogen-bond acceptors (Lipinski definition) is 5. The minimum absolute atomic E-state index is 0.128. The summed E-state index contributed by atoms with van der Waals surface area (Å²) in [5, 5.41) is 14.0. The van der Waals surface area contributed by atoms with Crippen LogP contribution >= 0.6 is 0 Å². The largest absolute Gasteiger partial charge is 0.379 e. The van der Waals surface area contributed by atoms with Crippen molar-refractivity contribution in [2.75, 3.05) is 13.1 Å². The fraction of sp³-hybridized carbons (Fsp3) is 0.476. The lowest BCUT2D eigenvalue weighted by atomic mass is 9.91. The van der Waals surface area contributed by atoms with Gasteiger partial charge in [0.25, 0.3) is 11.5 Å². The summed E-state index contributed by atoms with van der Waals surface area (Å²) in [6.45, 7) is 5.88. The maximum absolute atomic E-state index is 12.9. The molecule has 3 N–H and O–H groups in total. The fourth-order valence-corrected chi connectivity index (χ4v) is 3.51. The van der Waals surface area contributed by atoms with Gasteiger partial charge in [-0.1, -0.05) is 38.1 Å². The molecule has 1 aliphatic heterocycles. The SMILES string of the molecule is CC(C)c1ccc(CN2CCCC(O)(CNCc3cc(=O)[nH]cn3)C2=O)cc1. The Balaban J connectivity index is 1.59. The van der Waals surface area contributed by atoms with Crippen molar-refractivity contribution >= 4 is 5.91 Å². The van der Waals surface area contributed by atoms with E-state index in [0.29, 0.717) is 37.7 Å². The summed E-state index contributed by atoms with van der Waals surface area (Å²) in [5.74, 6) is 0.217. The molecular formula is C21H28N4O3. The third kappa shape index (κ3) is 4.85. The van der Waals surface area contributed by atoms with E-state index < -0.39 is 5.60 Å². The number of nitrogens with zero attached hydrogens (tertiary/aromatic N) is 2. The van der Waals surface area contributed by atoms with Crippen molar-refractivity contribution in [1.82, 2.24) is 20.2 Å². The highest BCUT2D eigenvalue weighted by Crippen LogP contribution is 2.24. The Morgan fingerprint density at radius 2 is 2.04 bits per heavy atom. The number of aromatic nitrogens is 2. The van der Waals surface area contributed by atoms with Gasteiger partial charge in [0.05, 0.1) is 12.0 Å². The third-order valence-corrected chi connectivity index (χ3v) is 5.18. The van der Waals surface area contributed by atoms with Gasteiger partial charge in [-0.2, -0.15) is 0 Å². The lowest BCUT2D eigenvalue weighted by Crippen LogP contribution is -2.57. The Kier molecular flexibility index (Phi) is 6.26. The van der Waals surface area contributed by atoms with E-state index in [1.165, 1.54) is 18.0 Å². The highest BCUT2D eigenvalue weighted by atomic mass is 16.3. The molecule has 2 heterocycles. The number of H-pyrrole nitrogens is 1. The van der Waals surface area contributed by atoms with Crippen molar-refractivity contribution in [1.29, 1.82) is 0 Å². The minimum atomic E-state index is -1.43. The molecule has 150 valence electrons. The predicted octanol–water partition coefficient (Wildman–Crippen LogP) is 1.54. The molecule has 1 fully saturated rings. The predicted molar refractivity (Wildman–Crippen MR) is 107 cm³/mol. The molecule has 0 radical (unpaired) electrons. The molecule has 1 saturated heterocycles. The lowest BCUT2D eigenvalue weighted by molar-refractivity contribution is -0.157. The van der Waals surface area contributed by atoms with E-state index in [2.05, 4.69) is 41.3 Å². The third-order valence-electron chi connectivity index (χ3n) is 5.18. The van der Waals surface area contributed by atoms with Gasteiger partial charge in [0.2, 0.25) is 0 Å². The second-order valence-corrected chi connectivity index (χ2v) is 7.76. The molecule has 1 amide bonds. The average molecular weight is 384 g/mol. The van der Waals surface area contributed by atoms with Crippen LogP contribution < -0.4 is 10.9 Å². The normalized spacial score (nSPS) is 20.0. The van der Waals surface area contributed by atoms with Crippen molar-refractivity contribution in [2.24, 2.45) is 0 Å². The topological polar surface area (TPSA) is 98.3 Å². The Bertz CT molecular complexity index is 862. The Morgan fingerprint density at radius 1 is 1.29 bits per heavy atom. The van der Waals surface area contributed by atoms with Gasteiger partial charge < -0.3 is 20.3 Å². The summed E-state index contributed by atoms with van der Waals surface area (Å²) in [5.41, 5.74) is 1.23. The second kappa shape index (κ2) is 8.67. The van der Waals surface area contributed by atoms with Gasteiger partial charge in [0.15, 0.2) is 5.60 Å². The first-order valence-electron chi connectivity index (χ1n) is 9.72. The van der Waals surface area contributed by atoms with Crippen LogP contribution in [0.2, 0.25) is 0 Å². The number of benzene rings is 1. The average Bonchev–Trinajstić information content (AvgIpc) is 2.66. The van der Waals surface area contributed by atoms with Crippen LogP contribution in [-0.4, -0.2) is 44.6 Å². The first-order chi connectivity index (χ1) is 13.4. The quantitative estimate of drug-likeness (QED) is 0.673. The zero-order valence-electron chi connectivity index (χ0n) is 16.4. The van der Waals surface area contributed by atoms with E-state index in [1.807, 2.05) is 12.1 Å². The molecule has 28 heavy (non-hydrogen) atoms. The maximum atomic E-state index is 12.9. The smallest absolute Gasteiger partial charge is 0.256 e. The number of aliphatic hydroxyl groups is 1. The first-order valence-corrected chi connectivity index (χ1v) is 9.72. The maximum Gasteiger partial charge on any atom is 0.256 e. The number of hydrogen-bond donors (Lipinski definition) is 3. The monoisotopic (exact) mass is 384 g/mol. The van der Waals surface area contributed by atoms with Crippen LogP contribution in [0.5, 0.6) is 0 Å². The number of rotatable bonds is 7. The first kappa shape index (κ1) is 20.2. The van der Waals surface area contributed by atoms with Gasteiger partial charge in [-0.3, -0.25) is 9.59 Å². The molecule has 0 aliphatic carbocycles. The Labute approximate surface area is 164 Å². The molecule has 1 unspecified atom stereocenters. The van der Waals surface area contributed by atoms with E-state index >= 15 is 0 Å². The van der Waals surface area contributed by atoms with Gasteiger partial charge in [-0.05, 0) is 29.9 Å². The molecule has 2 aromatic rings. The molecule has 0 saturated carbocycles. The molecule has 0 bridgehead atoms. The summed E-state index contributed by atoms with van der Waals surface area (Å²) in [7, 11) is 0. The van der Waals surface area contributed by atoms with Crippen molar-refractivity contribution in [2.45, 2.75) is 51.3 Å². The summed E-state index contributed by atoms with van der Waals surface area (Å²) in [6, 6.07) is 9.68. The number of piperidine rings is 1. The number of aromatic amines is 1. The van der Waals surface area contributed by atoms with Crippen LogP contribution in [0.1, 0.15) is 49.4 Å². The summed E-state index contributed by atoms with van der Waals surface area (Å²) < 4.78 is 0. The van der Waals surface area contributed by atoms with E-state index in [1.54, 1.807) is 4.90 Å². The summed E-state index contributed by atoms with van der Waals surface area (Å²) >= 11 is 0. The zero-order chi connectivity index (χ0) is 20.1. The Hall–Kier alpha value is -2.51. The summed E-state index contributed by atoms with van der Waals surface area (Å²) in [6.07, 6.45) is 2.51. The van der Waals surface area contributed by atoms with Gasteiger partial charge in [0.1, 0.15) is 0 Å². The van der Waals surface area contributed by atoms with Gasteiger partial charge in [-0.25, -0.2) is 4.98 Å². The number of carbonyl (C=O) groups excluding carboxylic acids is 1. The van der Waals surface area contributed by atoms with Crippen molar-refractivity contribution in [3.63, 3.8) is 0 Å². The van der Waals surface area contributed by atoms with E-state index in [4.69, 9.17) is 0 Å². The van der Waals surface area contributed by atoms with Crippen LogP contribution in [0.3, 0.4) is 0 Å². The van der Waals surface area contributed by atoms with Crippen molar-refractivity contribution < 1.29 is 9.90 Å². The molecule has 0 spiro atoms. The molecule has 1 atom stereocenters. The number of likely N-dealkylation sites (tertiary alicyclic amines) is 1. The van der Waals surface area contributed by atoms with Gasteiger partial charge in [0, 0.05) is 32.2 Å². The van der Waals surface area contributed by atoms with Gasteiger partial charge in [-0.15, -0.1) is 0 Å². The number of carbonyl (C=O) groups is 1. The Morgan fingerprint density at radius 3 is 2.71 bits per heavy atom. The van der Waals surface area contributed by atoms with Crippen LogP contribution in [0.25, 0.3) is 0 Å². The van der Waals surface area contributed by atoms with Crippen LogP contribution in [-0.2, 0) is 17.9 Å².